The van der Waals surface area contributed by atoms with E-state index in [9.17, 15) is 4.39 Å². The number of nitrogens with one attached hydrogen (secondary N) is 1. The van der Waals surface area contributed by atoms with Crippen LogP contribution in [0.25, 0.3) is 0 Å². The summed E-state index contributed by atoms with van der Waals surface area (Å²) in [6.07, 6.45) is 2.32. The van der Waals surface area contributed by atoms with Crippen molar-refractivity contribution < 1.29 is 24.2 Å². The number of likely N-dealkylation sites (tertiary alicyclic amines) is 1. The fraction of sp³-hybridized carbons (Fsp3) is 0.333. The molecule has 8 heteroatoms. The number of halogens is 2. The summed E-state index contributed by atoms with van der Waals surface area (Å²) in [7, 11) is 0. The van der Waals surface area contributed by atoms with Gasteiger partial charge in [-0.1, -0.05) is 36.4 Å². The van der Waals surface area contributed by atoms with Gasteiger partial charge in [0, 0.05) is 19.1 Å². The van der Waals surface area contributed by atoms with Crippen LogP contribution in [0.4, 0.5) is 4.39 Å². The van der Waals surface area contributed by atoms with Crippen molar-refractivity contribution >= 4 is 27.9 Å². The van der Waals surface area contributed by atoms with Gasteiger partial charge in [-0.15, -0.1) is 0 Å². The molecule has 0 saturated carbocycles. The number of carboxylic acids is 2. The molecule has 1 heterocycles. The number of rotatable bonds is 5. The van der Waals surface area contributed by atoms with Gasteiger partial charge in [0.25, 0.3) is 0 Å². The van der Waals surface area contributed by atoms with Gasteiger partial charge in [0.15, 0.2) is 0 Å². The van der Waals surface area contributed by atoms with Crippen molar-refractivity contribution in [2.24, 2.45) is 0 Å². The molecule has 156 valence electrons. The van der Waals surface area contributed by atoms with Crippen LogP contribution in [0.2, 0.25) is 0 Å². The standard InChI is InChI=1S/C19H22BrFN2.C2H2O4/c20-18-12-16(6-7-19(18)21)13-22-17-8-10-23(11-9-17)14-15-4-2-1-3-5-15;3-1(4)2(5)6/h1-7,12,17,22H,8-11,13-14H2;(H,3,4)(H,5,6). The lowest BCUT2D eigenvalue weighted by atomic mass is 10.0. The predicted molar refractivity (Wildman–Crippen MR) is 111 cm³/mol. The average molecular weight is 467 g/mol. The lowest BCUT2D eigenvalue weighted by molar-refractivity contribution is -0.159. The largest absolute Gasteiger partial charge is 0.473 e. The first-order chi connectivity index (χ1) is 13.8. The van der Waals surface area contributed by atoms with Crippen LogP contribution in [-0.4, -0.2) is 46.2 Å². The zero-order valence-electron chi connectivity index (χ0n) is 15.9. The molecule has 1 aliphatic rings. The zero-order valence-corrected chi connectivity index (χ0v) is 17.4. The van der Waals surface area contributed by atoms with Gasteiger partial charge in [0.1, 0.15) is 5.82 Å². The van der Waals surface area contributed by atoms with Crippen LogP contribution in [0, 0.1) is 5.82 Å². The molecule has 3 rings (SSSR count). The summed E-state index contributed by atoms with van der Waals surface area (Å²) < 4.78 is 13.8. The Balaban J connectivity index is 0.000000438. The first-order valence-corrected chi connectivity index (χ1v) is 10.0. The summed E-state index contributed by atoms with van der Waals surface area (Å²) >= 11 is 3.24. The number of nitrogens with zero attached hydrogens (tertiary/aromatic N) is 1. The van der Waals surface area contributed by atoms with Gasteiger partial charge in [-0.2, -0.15) is 0 Å². The highest BCUT2D eigenvalue weighted by Gasteiger charge is 2.18. The van der Waals surface area contributed by atoms with E-state index in [-0.39, 0.29) is 5.82 Å². The summed E-state index contributed by atoms with van der Waals surface area (Å²) in [4.78, 5) is 20.7. The molecule has 0 aliphatic carbocycles. The van der Waals surface area contributed by atoms with Gasteiger partial charge in [0.2, 0.25) is 0 Å². The zero-order chi connectivity index (χ0) is 21.2. The Hall–Kier alpha value is -2.29. The summed E-state index contributed by atoms with van der Waals surface area (Å²) in [5.41, 5.74) is 2.50. The van der Waals surface area contributed by atoms with Gasteiger partial charge >= 0.3 is 11.9 Å². The Morgan fingerprint density at radius 1 is 1.03 bits per heavy atom. The van der Waals surface area contributed by atoms with Crippen LogP contribution < -0.4 is 5.32 Å². The SMILES string of the molecule is Fc1ccc(CNC2CCN(Cc3ccccc3)CC2)cc1Br.O=C(O)C(=O)O. The fourth-order valence-corrected chi connectivity index (χ4v) is 3.47. The lowest BCUT2D eigenvalue weighted by Gasteiger charge is -2.32. The summed E-state index contributed by atoms with van der Waals surface area (Å²) in [6.45, 7) is 4.08. The van der Waals surface area contributed by atoms with E-state index < -0.39 is 11.9 Å². The Labute approximate surface area is 177 Å². The maximum Gasteiger partial charge on any atom is 0.414 e. The molecular formula is C21H24BrFN2O4. The van der Waals surface area contributed by atoms with E-state index in [2.05, 4.69) is 56.5 Å². The van der Waals surface area contributed by atoms with E-state index in [1.165, 1.54) is 11.6 Å². The van der Waals surface area contributed by atoms with Gasteiger partial charge in [0.05, 0.1) is 4.47 Å². The topological polar surface area (TPSA) is 89.9 Å². The molecule has 29 heavy (non-hydrogen) atoms. The number of carbonyl (C=O) groups is 2. The van der Waals surface area contributed by atoms with Gasteiger partial charge in [-0.05, 0) is 65.1 Å². The van der Waals surface area contributed by atoms with Crippen LogP contribution in [0.15, 0.2) is 53.0 Å². The third-order valence-corrected chi connectivity index (χ3v) is 5.21. The molecule has 0 amide bonds. The van der Waals surface area contributed by atoms with Crippen LogP contribution >= 0.6 is 15.9 Å². The molecule has 0 atom stereocenters. The maximum atomic E-state index is 13.2. The second-order valence-electron chi connectivity index (χ2n) is 6.78. The number of hydrogen-bond donors (Lipinski definition) is 3. The van der Waals surface area contributed by atoms with Crippen molar-refractivity contribution in [1.29, 1.82) is 0 Å². The molecule has 1 fully saturated rings. The van der Waals surface area contributed by atoms with Crippen molar-refractivity contribution in [3.05, 3.63) is 69.9 Å². The first kappa shape index (κ1) is 23.0. The molecule has 0 aromatic heterocycles. The molecule has 0 spiro atoms. The summed E-state index contributed by atoms with van der Waals surface area (Å²) in [5.74, 6) is -3.85. The van der Waals surface area contributed by atoms with E-state index in [4.69, 9.17) is 19.8 Å². The van der Waals surface area contributed by atoms with Crippen molar-refractivity contribution in [3.8, 4) is 0 Å². The number of aliphatic carboxylic acids is 2. The maximum absolute atomic E-state index is 13.2. The highest BCUT2D eigenvalue weighted by atomic mass is 79.9. The Morgan fingerprint density at radius 3 is 2.21 bits per heavy atom. The molecule has 0 unspecified atom stereocenters. The quantitative estimate of drug-likeness (QED) is 0.584. The molecule has 0 radical (unpaired) electrons. The molecule has 3 N–H and O–H groups in total. The van der Waals surface area contributed by atoms with E-state index in [0.29, 0.717) is 10.5 Å². The summed E-state index contributed by atoms with van der Waals surface area (Å²) in [5, 5.41) is 18.4. The molecule has 1 aliphatic heterocycles. The predicted octanol–water partition coefficient (Wildman–Crippen LogP) is 3.50. The van der Waals surface area contributed by atoms with Crippen LogP contribution in [-0.2, 0) is 22.7 Å². The highest BCUT2D eigenvalue weighted by molar-refractivity contribution is 9.10. The van der Waals surface area contributed by atoms with Gasteiger partial charge in [-0.3, -0.25) is 4.90 Å². The second-order valence-corrected chi connectivity index (χ2v) is 7.63. The number of benzene rings is 2. The lowest BCUT2D eigenvalue weighted by Crippen LogP contribution is -2.41. The molecule has 2 aromatic carbocycles. The van der Waals surface area contributed by atoms with Crippen molar-refractivity contribution in [3.63, 3.8) is 0 Å². The monoisotopic (exact) mass is 466 g/mol. The number of carboxylic acid groups (broad SMARTS) is 2. The van der Waals surface area contributed by atoms with Crippen molar-refractivity contribution in [2.45, 2.75) is 32.0 Å². The molecule has 0 bridgehead atoms. The summed E-state index contributed by atoms with van der Waals surface area (Å²) in [6, 6.07) is 16.4. The molecule has 6 nitrogen and oxygen atoms in total. The van der Waals surface area contributed by atoms with Gasteiger partial charge in [-0.25, -0.2) is 14.0 Å². The minimum absolute atomic E-state index is 0.206. The van der Waals surface area contributed by atoms with E-state index in [1.54, 1.807) is 0 Å². The third-order valence-electron chi connectivity index (χ3n) is 4.60. The molecule has 1 saturated heterocycles. The van der Waals surface area contributed by atoms with Gasteiger partial charge < -0.3 is 15.5 Å². The second kappa shape index (κ2) is 11.6. The van der Waals surface area contributed by atoms with E-state index >= 15 is 0 Å². The van der Waals surface area contributed by atoms with Crippen LogP contribution in [0.5, 0.6) is 0 Å². The minimum Gasteiger partial charge on any atom is -0.473 e. The van der Waals surface area contributed by atoms with Crippen molar-refractivity contribution in [2.75, 3.05) is 13.1 Å². The van der Waals surface area contributed by atoms with Crippen LogP contribution in [0.1, 0.15) is 24.0 Å². The van der Waals surface area contributed by atoms with E-state index in [1.807, 2.05) is 12.1 Å². The number of hydrogen-bond acceptors (Lipinski definition) is 4. The average Bonchev–Trinajstić information content (AvgIpc) is 2.71. The Bertz CT molecular complexity index is 800. The Morgan fingerprint density at radius 2 is 1.66 bits per heavy atom. The molecule has 2 aromatic rings. The molecular weight excluding hydrogens is 443 g/mol. The van der Waals surface area contributed by atoms with Crippen molar-refractivity contribution in [1.82, 2.24) is 10.2 Å². The normalized spacial score (nSPS) is 14.7. The minimum atomic E-state index is -1.82. The third kappa shape index (κ3) is 8.31. The van der Waals surface area contributed by atoms with E-state index in [0.717, 1.165) is 44.6 Å². The Kier molecular flexibility index (Phi) is 9.24. The first-order valence-electron chi connectivity index (χ1n) is 9.25. The fourth-order valence-electron chi connectivity index (χ4n) is 3.05. The smallest absolute Gasteiger partial charge is 0.414 e. The highest BCUT2D eigenvalue weighted by Crippen LogP contribution is 2.18. The number of piperidine rings is 1. The van der Waals surface area contributed by atoms with Crippen LogP contribution in [0.3, 0.4) is 0 Å².